The monoisotopic (exact) mass is 417 g/mol. The molecule has 154 valence electrons. The number of amides is 1. The van der Waals surface area contributed by atoms with Crippen LogP contribution in [0.5, 0.6) is 11.5 Å². The van der Waals surface area contributed by atoms with E-state index in [1.165, 1.54) is 22.7 Å². The molecule has 3 rings (SSSR count). The highest BCUT2D eigenvalue weighted by atomic mass is 32.2. The third kappa shape index (κ3) is 4.65. The fourth-order valence-corrected chi connectivity index (χ4v) is 3.50. The van der Waals surface area contributed by atoms with Crippen molar-refractivity contribution in [2.45, 2.75) is 18.6 Å². The highest BCUT2D eigenvalue weighted by Crippen LogP contribution is 2.28. The van der Waals surface area contributed by atoms with Gasteiger partial charge in [0.2, 0.25) is 16.9 Å². The molecule has 9 nitrogen and oxygen atoms in total. The number of nitrogens with two attached hydrogens (primary N) is 1. The number of hydrogen-bond acceptors (Lipinski definition) is 8. The average molecular weight is 417 g/mol. The summed E-state index contributed by atoms with van der Waals surface area (Å²) in [5, 5.41) is 8.51. The van der Waals surface area contributed by atoms with Gasteiger partial charge >= 0.3 is 0 Å². The van der Waals surface area contributed by atoms with Crippen molar-refractivity contribution in [2.75, 3.05) is 32.4 Å². The number of nitrogen functional groups attached to an aromatic ring is 1. The van der Waals surface area contributed by atoms with Gasteiger partial charge in [-0.1, -0.05) is 17.8 Å². The molecule has 0 aliphatic rings. The minimum atomic E-state index is -0.0326. The lowest BCUT2D eigenvalue weighted by Crippen LogP contribution is -2.32. The van der Waals surface area contributed by atoms with Crippen LogP contribution in [0.2, 0.25) is 0 Å². The minimum Gasteiger partial charge on any atom is -0.493 e. The van der Waals surface area contributed by atoms with E-state index in [9.17, 15) is 4.79 Å². The van der Waals surface area contributed by atoms with E-state index in [-0.39, 0.29) is 11.7 Å². The first-order chi connectivity index (χ1) is 14.1. The number of rotatable bonds is 9. The SMILES string of the molecule is CCN(Cc1ccc(OC)c(OC)c1)C(=O)CSc1nnc(-c2ccco2)n1N. The van der Waals surface area contributed by atoms with Gasteiger partial charge in [0.1, 0.15) is 0 Å². The topological polar surface area (TPSA) is 109 Å². The van der Waals surface area contributed by atoms with Gasteiger partial charge < -0.3 is 24.6 Å². The first-order valence-corrected chi connectivity index (χ1v) is 9.91. The lowest BCUT2D eigenvalue weighted by Gasteiger charge is -2.21. The molecule has 1 amide bonds. The Morgan fingerprint density at radius 2 is 2.03 bits per heavy atom. The molecule has 0 aliphatic carbocycles. The van der Waals surface area contributed by atoms with E-state index in [1.807, 2.05) is 25.1 Å². The Labute approximate surface area is 172 Å². The van der Waals surface area contributed by atoms with Gasteiger partial charge in [0.05, 0.1) is 26.2 Å². The quantitative estimate of drug-likeness (QED) is 0.418. The van der Waals surface area contributed by atoms with Crippen LogP contribution in [0.15, 0.2) is 46.2 Å². The summed E-state index contributed by atoms with van der Waals surface area (Å²) in [7, 11) is 3.17. The number of furan rings is 1. The maximum Gasteiger partial charge on any atom is 0.233 e. The second-order valence-corrected chi connectivity index (χ2v) is 6.98. The molecule has 1 aromatic carbocycles. The Hall–Kier alpha value is -3.14. The predicted molar refractivity (Wildman–Crippen MR) is 109 cm³/mol. The first kappa shape index (κ1) is 20.6. The summed E-state index contributed by atoms with van der Waals surface area (Å²) >= 11 is 1.23. The summed E-state index contributed by atoms with van der Waals surface area (Å²) in [5.41, 5.74) is 0.949. The van der Waals surface area contributed by atoms with Crippen molar-refractivity contribution in [1.29, 1.82) is 0 Å². The van der Waals surface area contributed by atoms with Crippen LogP contribution in [-0.2, 0) is 11.3 Å². The van der Waals surface area contributed by atoms with Crippen molar-refractivity contribution < 1.29 is 18.7 Å². The number of hydrogen-bond donors (Lipinski definition) is 1. The van der Waals surface area contributed by atoms with Gasteiger partial charge in [-0.05, 0) is 36.8 Å². The highest BCUT2D eigenvalue weighted by molar-refractivity contribution is 7.99. The number of carbonyl (C=O) groups is 1. The first-order valence-electron chi connectivity index (χ1n) is 8.93. The molecule has 10 heteroatoms. The Kier molecular flexibility index (Phi) is 6.65. The highest BCUT2D eigenvalue weighted by Gasteiger charge is 2.18. The van der Waals surface area contributed by atoms with Gasteiger partial charge in [-0.25, -0.2) is 4.68 Å². The second-order valence-electron chi connectivity index (χ2n) is 6.04. The van der Waals surface area contributed by atoms with Crippen molar-refractivity contribution in [3.05, 3.63) is 42.2 Å². The van der Waals surface area contributed by atoms with E-state index in [2.05, 4.69) is 10.2 Å². The summed E-state index contributed by atoms with van der Waals surface area (Å²) in [6.45, 7) is 2.97. The smallest absolute Gasteiger partial charge is 0.233 e. The van der Waals surface area contributed by atoms with E-state index in [0.29, 0.717) is 41.3 Å². The molecule has 2 N–H and O–H groups in total. The Morgan fingerprint density at radius 3 is 2.69 bits per heavy atom. The summed E-state index contributed by atoms with van der Waals surface area (Å²) in [6, 6.07) is 9.10. The number of methoxy groups -OCH3 is 2. The second kappa shape index (κ2) is 9.37. The fraction of sp³-hybridized carbons (Fsp3) is 0.316. The van der Waals surface area contributed by atoms with E-state index in [0.717, 1.165) is 5.56 Å². The van der Waals surface area contributed by atoms with Crippen LogP contribution in [0, 0.1) is 0 Å². The third-order valence-corrected chi connectivity index (χ3v) is 5.21. The number of ether oxygens (including phenoxy) is 2. The lowest BCUT2D eigenvalue weighted by molar-refractivity contribution is -0.128. The van der Waals surface area contributed by atoms with E-state index < -0.39 is 0 Å². The fourth-order valence-electron chi connectivity index (χ4n) is 2.74. The van der Waals surface area contributed by atoms with Gasteiger partial charge in [-0.2, -0.15) is 0 Å². The largest absolute Gasteiger partial charge is 0.493 e. The van der Waals surface area contributed by atoms with E-state index in [4.69, 9.17) is 19.7 Å². The summed E-state index contributed by atoms with van der Waals surface area (Å²) in [4.78, 5) is 14.5. The molecule has 0 aliphatic heterocycles. The number of carbonyl (C=O) groups excluding carboxylic acids is 1. The maximum absolute atomic E-state index is 12.7. The molecule has 0 saturated heterocycles. The Morgan fingerprint density at radius 1 is 1.24 bits per heavy atom. The minimum absolute atomic E-state index is 0.0326. The summed E-state index contributed by atoms with van der Waals surface area (Å²) in [6.07, 6.45) is 1.54. The van der Waals surface area contributed by atoms with E-state index in [1.54, 1.807) is 31.3 Å². The zero-order valence-electron chi connectivity index (χ0n) is 16.5. The van der Waals surface area contributed by atoms with Crippen molar-refractivity contribution in [2.24, 2.45) is 0 Å². The van der Waals surface area contributed by atoms with Crippen LogP contribution >= 0.6 is 11.8 Å². The van der Waals surface area contributed by atoms with Crippen LogP contribution < -0.4 is 15.3 Å². The van der Waals surface area contributed by atoms with Crippen LogP contribution in [0.3, 0.4) is 0 Å². The normalized spacial score (nSPS) is 10.7. The van der Waals surface area contributed by atoms with Crippen LogP contribution in [0.4, 0.5) is 0 Å². The van der Waals surface area contributed by atoms with E-state index >= 15 is 0 Å². The molecule has 0 atom stereocenters. The zero-order valence-corrected chi connectivity index (χ0v) is 17.3. The van der Waals surface area contributed by atoms with Gasteiger partial charge in [0, 0.05) is 13.1 Å². The molecular weight excluding hydrogens is 394 g/mol. The number of aromatic nitrogens is 3. The summed E-state index contributed by atoms with van der Waals surface area (Å²) in [5.74, 6) is 8.39. The van der Waals surface area contributed by atoms with Gasteiger partial charge in [0.25, 0.3) is 0 Å². The molecule has 0 unspecified atom stereocenters. The molecule has 3 aromatic rings. The average Bonchev–Trinajstić information content (AvgIpc) is 3.39. The van der Waals surface area contributed by atoms with Crippen LogP contribution in [-0.4, -0.2) is 52.2 Å². The molecule has 0 fully saturated rings. The number of benzene rings is 1. The molecule has 0 spiro atoms. The summed E-state index contributed by atoms with van der Waals surface area (Å²) < 4.78 is 17.2. The molecule has 29 heavy (non-hydrogen) atoms. The standard InChI is InChI=1S/C19H23N5O4S/c1-4-23(11-13-7-8-14(26-2)16(10-13)27-3)17(25)12-29-19-22-21-18(24(19)20)15-6-5-9-28-15/h5-10H,4,11-12,20H2,1-3H3. The molecule has 0 saturated carbocycles. The number of nitrogens with zero attached hydrogens (tertiary/aromatic N) is 4. The molecule has 0 radical (unpaired) electrons. The molecule has 2 heterocycles. The van der Waals surface area contributed by atoms with Gasteiger partial charge in [-0.15, -0.1) is 10.2 Å². The van der Waals surface area contributed by atoms with Crippen molar-refractivity contribution in [3.8, 4) is 23.1 Å². The third-order valence-electron chi connectivity index (χ3n) is 4.29. The van der Waals surface area contributed by atoms with Crippen molar-refractivity contribution >= 4 is 17.7 Å². The van der Waals surface area contributed by atoms with Crippen LogP contribution in [0.25, 0.3) is 11.6 Å². The van der Waals surface area contributed by atoms with Crippen LogP contribution in [0.1, 0.15) is 12.5 Å². The Bertz CT molecular complexity index is 958. The molecule has 2 aromatic heterocycles. The molecular formula is C19H23N5O4S. The zero-order chi connectivity index (χ0) is 20.8. The predicted octanol–water partition coefficient (Wildman–Crippen LogP) is 2.41. The lowest BCUT2D eigenvalue weighted by atomic mass is 10.2. The number of thioether (sulfide) groups is 1. The maximum atomic E-state index is 12.7. The van der Waals surface area contributed by atoms with Gasteiger partial charge in [0.15, 0.2) is 17.3 Å². The van der Waals surface area contributed by atoms with Crippen molar-refractivity contribution in [1.82, 2.24) is 19.8 Å². The molecule has 0 bridgehead atoms. The van der Waals surface area contributed by atoms with Gasteiger partial charge in [-0.3, -0.25) is 4.79 Å². The Balaban J connectivity index is 1.63. The van der Waals surface area contributed by atoms with Crippen molar-refractivity contribution in [3.63, 3.8) is 0 Å².